The molecule has 1 aromatic carbocycles. The molecule has 2 rings (SSSR count). The molecule has 0 aliphatic carbocycles. The number of aryl methyl sites for hydroxylation is 1. The summed E-state index contributed by atoms with van der Waals surface area (Å²) >= 11 is 7.89. The van der Waals surface area contributed by atoms with Gasteiger partial charge >= 0.3 is 0 Å². The second-order valence-corrected chi connectivity index (χ2v) is 5.62. The first kappa shape index (κ1) is 12.6. The molecule has 1 aromatic heterocycles. The minimum absolute atomic E-state index is 0.0656. The van der Waals surface area contributed by atoms with Gasteiger partial charge in [-0.25, -0.2) is 0 Å². The van der Waals surface area contributed by atoms with Crippen LogP contribution in [0, 0.1) is 6.92 Å². The molecule has 1 unspecified atom stereocenters. The maximum atomic E-state index is 6.23. The van der Waals surface area contributed by atoms with Crippen molar-refractivity contribution >= 4 is 22.9 Å². The molecule has 0 aliphatic heterocycles. The van der Waals surface area contributed by atoms with Crippen LogP contribution in [0.5, 0.6) is 0 Å². The quantitative estimate of drug-likeness (QED) is 0.874. The highest BCUT2D eigenvalue weighted by molar-refractivity contribution is 7.09. The second kappa shape index (κ2) is 5.67. The third kappa shape index (κ3) is 3.09. The van der Waals surface area contributed by atoms with E-state index >= 15 is 0 Å². The lowest BCUT2D eigenvalue weighted by Gasteiger charge is -2.15. The van der Waals surface area contributed by atoms with Crippen LogP contribution < -0.4 is 5.73 Å². The highest BCUT2D eigenvalue weighted by atomic mass is 35.5. The van der Waals surface area contributed by atoms with Crippen LogP contribution in [0.1, 0.15) is 28.5 Å². The van der Waals surface area contributed by atoms with Crippen molar-refractivity contribution in [1.82, 2.24) is 0 Å². The van der Waals surface area contributed by atoms with E-state index in [0.717, 1.165) is 29.0 Å². The van der Waals surface area contributed by atoms with Gasteiger partial charge in [-0.3, -0.25) is 0 Å². The number of nitrogens with two attached hydrogens (primary N) is 1. The smallest absolute Gasteiger partial charge is 0.0438 e. The molecule has 0 amide bonds. The Bertz CT molecular complexity index is 479. The molecule has 0 saturated heterocycles. The van der Waals surface area contributed by atoms with Crippen molar-refractivity contribution in [3.05, 3.63) is 56.7 Å². The van der Waals surface area contributed by atoms with Gasteiger partial charge in [-0.15, -0.1) is 11.3 Å². The third-order valence-corrected chi connectivity index (χ3v) is 4.34. The summed E-state index contributed by atoms with van der Waals surface area (Å²) in [6, 6.07) is 10.2. The largest absolute Gasteiger partial charge is 0.324 e. The van der Waals surface area contributed by atoms with Crippen LogP contribution in [-0.2, 0) is 6.42 Å². The van der Waals surface area contributed by atoms with E-state index in [0.29, 0.717) is 0 Å². The fourth-order valence-electron chi connectivity index (χ4n) is 1.93. The van der Waals surface area contributed by atoms with Crippen LogP contribution in [-0.4, -0.2) is 0 Å². The zero-order chi connectivity index (χ0) is 12.3. The lowest BCUT2D eigenvalue weighted by atomic mass is 9.98. The summed E-state index contributed by atoms with van der Waals surface area (Å²) in [6.45, 7) is 2.03. The lowest BCUT2D eigenvalue weighted by molar-refractivity contribution is 0.652. The van der Waals surface area contributed by atoms with E-state index in [4.69, 9.17) is 17.3 Å². The van der Waals surface area contributed by atoms with Crippen LogP contribution in [0.2, 0.25) is 5.02 Å². The van der Waals surface area contributed by atoms with Crippen LogP contribution >= 0.6 is 22.9 Å². The summed E-state index contributed by atoms with van der Waals surface area (Å²) in [7, 11) is 0. The molecule has 3 heteroatoms. The SMILES string of the molecule is Cc1c(Cl)cccc1C(N)CCc1cccs1. The van der Waals surface area contributed by atoms with Crippen molar-refractivity contribution in [2.24, 2.45) is 5.73 Å². The molecular weight excluding hydrogens is 250 g/mol. The zero-order valence-electron chi connectivity index (χ0n) is 9.82. The van der Waals surface area contributed by atoms with E-state index in [-0.39, 0.29) is 6.04 Å². The molecule has 2 aromatic rings. The van der Waals surface area contributed by atoms with Crippen molar-refractivity contribution in [3.63, 3.8) is 0 Å². The van der Waals surface area contributed by atoms with Crippen LogP contribution in [0.15, 0.2) is 35.7 Å². The van der Waals surface area contributed by atoms with E-state index in [1.165, 1.54) is 4.88 Å². The first-order valence-electron chi connectivity index (χ1n) is 5.71. The van der Waals surface area contributed by atoms with Gasteiger partial charge in [0, 0.05) is 15.9 Å². The summed E-state index contributed by atoms with van der Waals surface area (Å²) in [5.41, 5.74) is 8.49. The summed E-state index contributed by atoms with van der Waals surface area (Å²) in [5.74, 6) is 0. The van der Waals surface area contributed by atoms with E-state index < -0.39 is 0 Å². The Morgan fingerprint density at radius 2 is 2.12 bits per heavy atom. The van der Waals surface area contributed by atoms with E-state index in [1.807, 2.05) is 19.1 Å². The van der Waals surface area contributed by atoms with Crippen LogP contribution in [0.4, 0.5) is 0 Å². The normalized spacial score (nSPS) is 12.6. The van der Waals surface area contributed by atoms with Gasteiger partial charge in [-0.05, 0) is 48.4 Å². The second-order valence-electron chi connectivity index (χ2n) is 4.18. The predicted octanol–water partition coefficient (Wildman–Crippen LogP) is 4.34. The topological polar surface area (TPSA) is 26.0 Å². The number of halogens is 1. The molecule has 2 N–H and O–H groups in total. The van der Waals surface area contributed by atoms with Gasteiger partial charge in [0.05, 0.1) is 0 Å². The molecule has 0 fully saturated rings. The van der Waals surface area contributed by atoms with Crippen molar-refractivity contribution in [2.75, 3.05) is 0 Å². The van der Waals surface area contributed by atoms with E-state index in [1.54, 1.807) is 11.3 Å². The Hall–Kier alpha value is -0.830. The molecular formula is C14H16ClNS. The number of rotatable bonds is 4. The monoisotopic (exact) mass is 265 g/mol. The summed E-state index contributed by atoms with van der Waals surface area (Å²) in [4.78, 5) is 1.39. The Morgan fingerprint density at radius 3 is 2.82 bits per heavy atom. The van der Waals surface area contributed by atoms with Crippen molar-refractivity contribution < 1.29 is 0 Å². The van der Waals surface area contributed by atoms with Gasteiger partial charge in [0.15, 0.2) is 0 Å². The van der Waals surface area contributed by atoms with E-state index in [2.05, 4.69) is 23.6 Å². The summed E-state index contributed by atoms with van der Waals surface area (Å²) in [6.07, 6.45) is 1.99. The van der Waals surface area contributed by atoms with Gasteiger partial charge < -0.3 is 5.73 Å². The van der Waals surface area contributed by atoms with Gasteiger partial charge in [-0.1, -0.05) is 29.8 Å². The van der Waals surface area contributed by atoms with E-state index in [9.17, 15) is 0 Å². The van der Waals surface area contributed by atoms with Crippen molar-refractivity contribution in [3.8, 4) is 0 Å². The standard InChI is InChI=1S/C14H16ClNS/c1-10-12(5-2-6-13(10)15)14(16)8-7-11-4-3-9-17-11/h2-6,9,14H,7-8,16H2,1H3. The molecule has 1 heterocycles. The molecule has 1 atom stereocenters. The number of hydrogen-bond donors (Lipinski definition) is 1. The minimum Gasteiger partial charge on any atom is -0.324 e. The summed E-state index contributed by atoms with van der Waals surface area (Å²) in [5, 5.41) is 2.90. The zero-order valence-corrected chi connectivity index (χ0v) is 11.4. The maximum Gasteiger partial charge on any atom is 0.0438 e. The summed E-state index contributed by atoms with van der Waals surface area (Å²) < 4.78 is 0. The molecule has 0 spiro atoms. The Morgan fingerprint density at radius 1 is 1.29 bits per heavy atom. The Labute approximate surface area is 111 Å². The highest BCUT2D eigenvalue weighted by Crippen LogP contribution is 2.26. The van der Waals surface area contributed by atoms with Gasteiger partial charge in [0.2, 0.25) is 0 Å². The van der Waals surface area contributed by atoms with Gasteiger partial charge in [-0.2, -0.15) is 0 Å². The van der Waals surface area contributed by atoms with Crippen LogP contribution in [0.25, 0.3) is 0 Å². The van der Waals surface area contributed by atoms with Crippen molar-refractivity contribution in [2.45, 2.75) is 25.8 Å². The Balaban J connectivity index is 2.04. The number of benzene rings is 1. The predicted molar refractivity (Wildman–Crippen MR) is 75.8 cm³/mol. The van der Waals surface area contributed by atoms with Gasteiger partial charge in [0.25, 0.3) is 0 Å². The average molecular weight is 266 g/mol. The molecule has 0 saturated carbocycles. The minimum atomic E-state index is 0.0656. The van der Waals surface area contributed by atoms with Crippen molar-refractivity contribution in [1.29, 1.82) is 0 Å². The maximum absolute atomic E-state index is 6.23. The fraction of sp³-hybridized carbons (Fsp3) is 0.286. The molecule has 0 bridgehead atoms. The first-order valence-corrected chi connectivity index (χ1v) is 6.97. The lowest BCUT2D eigenvalue weighted by Crippen LogP contribution is -2.12. The fourth-order valence-corrected chi connectivity index (χ4v) is 2.84. The highest BCUT2D eigenvalue weighted by Gasteiger charge is 2.10. The van der Waals surface area contributed by atoms with Gasteiger partial charge in [0.1, 0.15) is 0 Å². The first-order chi connectivity index (χ1) is 8.18. The van der Waals surface area contributed by atoms with Crippen LogP contribution in [0.3, 0.4) is 0 Å². The molecule has 90 valence electrons. The average Bonchev–Trinajstić information content (AvgIpc) is 2.82. The molecule has 0 aliphatic rings. The Kier molecular flexibility index (Phi) is 4.21. The molecule has 17 heavy (non-hydrogen) atoms. The third-order valence-electron chi connectivity index (χ3n) is 2.99. The molecule has 1 nitrogen and oxygen atoms in total. The molecule has 0 radical (unpaired) electrons. The number of thiophene rings is 1. The number of hydrogen-bond acceptors (Lipinski definition) is 2.